The van der Waals surface area contributed by atoms with Gasteiger partial charge in [0.05, 0.1) is 45.8 Å². The molecule has 0 bridgehead atoms. The summed E-state index contributed by atoms with van der Waals surface area (Å²) in [7, 11) is 0. The maximum absolute atomic E-state index is 5.15. The normalized spacial score (nSPS) is 11.8. The summed E-state index contributed by atoms with van der Waals surface area (Å²) in [5, 5.41) is 9.29. The molecular weight excluding hydrogens is 585 g/mol. The lowest BCUT2D eigenvalue weighted by atomic mass is 9.98. The third kappa shape index (κ3) is 4.10. The van der Waals surface area contributed by atoms with E-state index in [1.807, 2.05) is 12.4 Å². The Morgan fingerprint density at radius 3 is 0.854 bits per heavy atom. The molecule has 10 rings (SSSR count). The van der Waals surface area contributed by atoms with E-state index in [4.69, 9.17) is 19.9 Å². The van der Waals surface area contributed by atoms with Crippen molar-refractivity contribution < 1.29 is 0 Å². The standard InChI is InChI=1S/C44H26N4/c1-5-13-35-31(9-1)33-11-3-7-15-37(33)43-41(35)45-25-39(47-43)29-21-17-27(18-22-29)28-19-23-30(24-20-28)40-26-46-42-36-14-6-2-10-32(36)34-12-4-8-16-38(34)44(42)48-40/h1-26H. The molecule has 48 heavy (non-hydrogen) atoms. The van der Waals surface area contributed by atoms with Crippen LogP contribution in [0.3, 0.4) is 0 Å². The second kappa shape index (κ2) is 10.5. The molecule has 0 amide bonds. The van der Waals surface area contributed by atoms with Crippen LogP contribution in [0.5, 0.6) is 0 Å². The molecule has 0 saturated carbocycles. The summed E-state index contributed by atoms with van der Waals surface area (Å²) in [4.78, 5) is 20.2. The third-order valence-electron chi connectivity index (χ3n) is 9.55. The molecule has 0 fully saturated rings. The predicted octanol–water partition coefficient (Wildman–Crippen LogP) is 11.2. The van der Waals surface area contributed by atoms with Crippen molar-refractivity contribution in [1.29, 1.82) is 0 Å². The molecule has 0 N–H and O–H groups in total. The van der Waals surface area contributed by atoms with Crippen molar-refractivity contribution in [3.63, 3.8) is 0 Å². The van der Waals surface area contributed by atoms with Gasteiger partial charge in [0.2, 0.25) is 0 Å². The lowest BCUT2D eigenvalue weighted by molar-refractivity contribution is 1.31. The van der Waals surface area contributed by atoms with Gasteiger partial charge in [0.1, 0.15) is 0 Å². The Hall–Kier alpha value is -6.52. The fourth-order valence-electron chi connectivity index (χ4n) is 7.19. The Balaban J connectivity index is 0.995. The minimum Gasteiger partial charge on any atom is -0.252 e. The van der Waals surface area contributed by atoms with Gasteiger partial charge in [-0.3, -0.25) is 9.97 Å². The largest absolute Gasteiger partial charge is 0.252 e. The van der Waals surface area contributed by atoms with Crippen LogP contribution >= 0.6 is 0 Å². The smallest absolute Gasteiger partial charge is 0.0979 e. The van der Waals surface area contributed by atoms with Crippen LogP contribution in [0.2, 0.25) is 0 Å². The van der Waals surface area contributed by atoms with Gasteiger partial charge in [-0.25, -0.2) is 9.97 Å². The van der Waals surface area contributed by atoms with E-state index >= 15 is 0 Å². The zero-order valence-corrected chi connectivity index (χ0v) is 25.8. The second-order valence-corrected chi connectivity index (χ2v) is 12.2. The molecule has 0 aliphatic carbocycles. The van der Waals surface area contributed by atoms with Crippen LogP contribution < -0.4 is 0 Å². The summed E-state index contributed by atoms with van der Waals surface area (Å²) in [6.07, 6.45) is 3.79. The Morgan fingerprint density at radius 1 is 0.250 bits per heavy atom. The number of rotatable bonds is 3. The second-order valence-electron chi connectivity index (χ2n) is 12.2. The maximum Gasteiger partial charge on any atom is 0.0979 e. The van der Waals surface area contributed by atoms with Crippen molar-refractivity contribution >= 4 is 65.2 Å². The fourth-order valence-corrected chi connectivity index (χ4v) is 7.19. The van der Waals surface area contributed by atoms with Crippen LogP contribution in [0.15, 0.2) is 158 Å². The first kappa shape index (κ1) is 26.7. The Morgan fingerprint density at radius 2 is 0.521 bits per heavy atom. The van der Waals surface area contributed by atoms with E-state index < -0.39 is 0 Å². The summed E-state index contributed by atoms with van der Waals surface area (Å²) >= 11 is 0. The van der Waals surface area contributed by atoms with Crippen LogP contribution in [0.1, 0.15) is 0 Å². The van der Waals surface area contributed by atoms with Gasteiger partial charge in [0.25, 0.3) is 0 Å². The van der Waals surface area contributed by atoms with Gasteiger partial charge < -0.3 is 0 Å². The first-order chi connectivity index (χ1) is 23.8. The molecule has 4 heteroatoms. The molecule has 0 unspecified atom stereocenters. The molecule has 0 atom stereocenters. The minimum atomic E-state index is 0.861. The van der Waals surface area contributed by atoms with Gasteiger partial charge >= 0.3 is 0 Å². The zero-order chi connectivity index (χ0) is 31.6. The van der Waals surface area contributed by atoms with Gasteiger partial charge in [-0.1, -0.05) is 146 Å². The summed E-state index contributed by atoms with van der Waals surface area (Å²) in [6, 6.07) is 51.0. The number of hydrogen-bond acceptors (Lipinski definition) is 4. The monoisotopic (exact) mass is 610 g/mol. The highest BCUT2D eigenvalue weighted by Gasteiger charge is 2.14. The summed E-state index contributed by atoms with van der Waals surface area (Å²) in [5.74, 6) is 0. The highest BCUT2D eigenvalue weighted by atomic mass is 14.8. The van der Waals surface area contributed by atoms with Crippen molar-refractivity contribution in [2.75, 3.05) is 0 Å². The van der Waals surface area contributed by atoms with E-state index in [0.29, 0.717) is 0 Å². The number of nitrogens with zero attached hydrogens (tertiary/aromatic N) is 4. The average Bonchev–Trinajstić information content (AvgIpc) is 3.18. The van der Waals surface area contributed by atoms with Crippen LogP contribution in [-0.4, -0.2) is 19.9 Å². The van der Waals surface area contributed by atoms with E-state index in [2.05, 4.69) is 146 Å². The van der Waals surface area contributed by atoms with Crippen molar-refractivity contribution in [2.24, 2.45) is 0 Å². The molecular formula is C44H26N4. The number of hydrogen-bond donors (Lipinski definition) is 0. The summed E-state index contributed by atoms with van der Waals surface area (Å²) in [5.41, 5.74) is 9.79. The van der Waals surface area contributed by atoms with Gasteiger partial charge in [-0.05, 0) is 32.7 Å². The SMILES string of the molecule is c1ccc2c(c1)c1ccccc1c1nc(-c3ccc(-c4ccc(-c5cnc6c7ccccc7c7ccccc7c6n5)cc4)cc3)cnc21. The molecule has 2 aromatic heterocycles. The average molecular weight is 611 g/mol. The molecule has 0 aliphatic heterocycles. The molecule has 4 nitrogen and oxygen atoms in total. The predicted molar refractivity (Wildman–Crippen MR) is 199 cm³/mol. The molecule has 222 valence electrons. The lowest BCUT2D eigenvalue weighted by Gasteiger charge is -2.11. The highest BCUT2D eigenvalue weighted by molar-refractivity contribution is 6.24. The zero-order valence-electron chi connectivity index (χ0n) is 25.8. The van der Waals surface area contributed by atoms with Crippen LogP contribution in [0, 0.1) is 0 Å². The van der Waals surface area contributed by atoms with Crippen molar-refractivity contribution in [3.8, 4) is 33.6 Å². The minimum absolute atomic E-state index is 0.861. The van der Waals surface area contributed by atoms with Gasteiger partial charge in [0.15, 0.2) is 0 Å². The molecule has 0 saturated heterocycles. The molecule has 0 spiro atoms. The van der Waals surface area contributed by atoms with Crippen LogP contribution in [0.4, 0.5) is 0 Å². The van der Waals surface area contributed by atoms with E-state index in [9.17, 15) is 0 Å². The molecule has 0 aliphatic rings. The van der Waals surface area contributed by atoms with Crippen molar-refractivity contribution in [2.45, 2.75) is 0 Å². The Labute approximate surface area is 276 Å². The van der Waals surface area contributed by atoms with E-state index in [1.54, 1.807) is 0 Å². The van der Waals surface area contributed by atoms with Crippen molar-refractivity contribution in [3.05, 3.63) is 158 Å². The number of aromatic nitrogens is 4. The van der Waals surface area contributed by atoms with Gasteiger partial charge in [-0.2, -0.15) is 0 Å². The van der Waals surface area contributed by atoms with E-state index in [-0.39, 0.29) is 0 Å². The van der Waals surface area contributed by atoms with Crippen molar-refractivity contribution in [1.82, 2.24) is 19.9 Å². The third-order valence-corrected chi connectivity index (χ3v) is 9.55. The fraction of sp³-hybridized carbons (Fsp3) is 0. The van der Waals surface area contributed by atoms with Crippen LogP contribution in [0.25, 0.3) is 98.8 Å². The lowest BCUT2D eigenvalue weighted by Crippen LogP contribution is -1.92. The number of benzene rings is 8. The summed E-state index contributed by atoms with van der Waals surface area (Å²) in [6.45, 7) is 0. The molecule has 2 heterocycles. The molecule has 8 aromatic carbocycles. The van der Waals surface area contributed by atoms with Gasteiger partial charge in [-0.15, -0.1) is 0 Å². The summed E-state index contributed by atoms with van der Waals surface area (Å²) < 4.78 is 0. The Kier molecular flexibility index (Phi) is 5.84. The quantitative estimate of drug-likeness (QED) is 0.187. The van der Waals surface area contributed by atoms with Crippen LogP contribution in [-0.2, 0) is 0 Å². The van der Waals surface area contributed by atoms with Gasteiger partial charge in [0, 0.05) is 32.7 Å². The Bertz CT molecular complexity index is 2610. The van der Waals surface area contributed by atoms with E-state index in [1.165, 1.54) is 21.5 Å². The number of fused-ring (bicyclic) bond motifs is 12. The topological polar surface area (TPSA) is 51.6 Å². The first-order valence-electron chi connectivity index (χ1n) is 16.1. The highest BCUT2D eigenvalue weighted by Crippen LogP contribution is 2.36. The molecule has 0 radical (unpaired) electrons. The van der Waals surface area contributed by atoms with E-state index in [0.717, 1.165) is 77.3 Å². The molecule has 10 aromatic rings. The maximum atomic E-state index is 5.15. The first-order valence-corrected chi connectivity index (χ1v) is 16.1.